The summed E-state index contributed by atoms with van der Waals surface area (Å²) >= 11 is 0. The first kappa shape index (κ1) is 14.3. The summed E-state index contributed by atoms with van der Waals surface area (Å²) in [6, 6.07) is 0.683. The minimum Gasteiger partial charge on any atom is -0.379 e. The number of carbonyl (C=O) groups excluding carboxylic acids is 1. The summed E-state index contributed by atoms with van der Waals surface area (Å²) in [7, 11) is 1.90. The number of ether oxygens (including phenoxy) is 2. The van der Waals surface area contributed by atoms with Crippen LogP contribution in [-0.2, 0) is 14.3 Å². The van der Waals surface area contributed by atoms with Crippen molar-refractivity contribution >= 4 is 5.91 Å². The van der Waals surface area contributed by atoms with E-state index in [1.54, 1.807) is 0 Å². The van der Waals surface area contributed by atoms with Crippen molar-refractivity contribution in [2.75, 3.05) is 59.7 Å². The topological polar surface area (TPSA) is 54.0 Å². The second kappa shape index (κ2) is 6.39. The average Bonchev–Trinajstić information content (AvgIpc) is 3.16. The van der Waals surface area contributed by atoms with E-state index in [4.69, 9.17) is 9.47 Å². The minimum atomic E-state index is -0.0107. The van der Waals surface area contributed by atoms with E-state index >= 15 is 0 Å². The molecule has 6 heteroatoms. The van der Waals surface area contributed by atoms with Crippen molar-refractivity contribution in [2.24, 2.45) is 5.92 Å². The van der Waals surface area contributed by atoms with Crippen LogP contribution in [-0.4, -0.2) is 87.4 Å². The van der Waals surface area contributed by atoms with E-state index < -0.39 is 0 Å². The van der Waals surface area contributed by atoms with Gasteiger partial charge in [-0.2, -0.15) is 0 Å². The molecule has 3 aliphatic rings. The molecule has 0 radical (unpaired) electrons. The summed E-state index contributed by atoms with van der Waals surface area (Å²) in [5, 5.41) is 3.19. The molecule has 1 N–H and O–H groups in total. The van der Waals surface area contributed by atoms with Crippen molar-refractivity contribution in [3.05, 3.63) is 0 Å². The predicted octanol–water partition coefficient (Wildman–Crippen LogP) is -0.846. The number of hydrogen-bond donors (Lipinski definition) is 1. The van der Waals surface area contributed by atoms with Crippen molar-refractivity contribution < 1.29 is 14.3 Å². The van der Waals surface area contributed by atoms with Crippen molar-refractivity contribution in [3.8, 4) is 0 Å². The summed E-state index contributed by atoms with van der Waals surface area (Å²) in [6.07, 6.45) is 1.09. The SMILES string of the molecule is CNC1COCC1C(=O)N1CCC(N2CCOCC2)C1. The zero-order valence-corrected chi connectivity index (χ0v) is 12.2. The number of nitrogens with one attached hydrogen (secondary N) is 1. The second-order valence-electron chi connectivity index (χ2n) is 5.91. The molecular weight excluding hydrogens is 258 g/mol. The summed E-state index contributed by atoms with van der Waals surface area (Å²) in [5.74, 6) is 0.251. The van der Waals surface area contributed by atoms with Gasteiger partial charge in [0.2, 0.25) is 5.91 Å². The lowest BCUT2D eigenvalue weighted by atomic mass is 10.0. The highest BCUT2D eigenvalue weighted by molar-refractivity contribution is 5.80. The van der Waals surface area contributed by atoms with Crippen LogP contribution in [0.3, 0.4) is 0 Å². The van der Waals surface area contributed by atoms with E-state index in [1.165, 1.54) is 0 Å². The summed E-state index contributed by atoms with van der Waals surface area (Å²) in [5.41, 5.74) is 0. The standard InChI is InChI=1S/C14H25N3O3/c1-15-13-10-20-9-12(13)14(18)17-3-2-11(8-17)16-4-6-19-7-5-16/h11-13,15H,2-10H2,1H3. The molecule has 3 atom stereocenters. The molecule has 0 aromatic carbocycles. The summed E-state index contributed by atoms with van der Waals surface area (Å²) < 4.78 is 10.8. The fraction of sp³-hybridized carbons (Fsp3) is 0.929. The van der Waals surface area contributed by atoms with E-state index in [0.717, 1.165) is 45.8 Å². The second-order valence-corrected chi connectivity index (χ2v) is 5.91. The van der Waals surface area contributed by atoms with Gasteiger partial charge in [-0.25, -0.2) is 0 Å². The Kier molecular flexibility index (Phi) is 4.55. The molecule has 3 unspecified atom stereocenters. The lowest BCUT2D eigenvalue weighted by molar-refractivity contribution is -0.135. The van der Waals surface area contributed by atoms with Gasteiger partial charge in [0.25, 0.3) is 0 Å². The zero-order chi connectivity index (χ0) is 13.9. The van der Waals surface area contributed by atoms with Gasteiger partial charge in [0.05, 0.1) is 32.3 Å². The predicted molar refractivity (Wildman–Crippen MR) is 74.5 cm³/mol. The first-order chi connectivity index (χ1) is 9.79. The Bertz CT molecular complexity index is 347. The molecule has 3 fully saturated rings. The molecule has 0 spiro atoms. The number of nitrogens with zero attached hydrogens (tertiary/aromatic N) is 2. The van der Waals surface area contributed by atoms with Crippen LogP contribution < -0.4 is 5.32 Å². The molecule has 0 saturated carbocycles. The Labute approximate surface area is 120 Å². The molecule has 6 nitrogen and oxygen atoms in total. The molecule has 114 valence electrons. The number of amides is 1. The quantitative estimate of drug-likeness (QED) is 0.731. The van der Waals surface area contributed by atoms with Crippen LogP contribution in [0.4, 0.5) is 0 Å². The van der Waals surface area contributed by atoms with Gasteiger partial charge in [0, 0.05) is 38.3 Å². The average molecular weight is 283 g/mol. The molecular formula is C14H25N3O3. The maximum atomic E-state index is 12.6. The normalized spacial score (nSPS) is 35.6. The van der Waals surface area contributed by atoms with Crippen LogP contribution in [0.25, 0.3) is 0 Å². The molecule has 0 bridgehead atoms. The zero-order valence-electron chi connectivity index (χ0n) is 12.2. The molecule has 20 heavy (non-hydrogen) atoms. The summed E-state index contributed by atoms with van der Waals surface area (Å²) in [4.78, 5) is 17.1. The van der Waals surface area contributed by atoms with Crippen molar-refractivity contribution in [3.63, 3.8) is 0 Å². The molecule has 3 aliphatic heterocycles. The van der Waals surface area contributed by atoms with Gasteiger partial charge in [0.15, 0.2) is 0 Å². The third-order valence-electron chi connectivity index (χ3n) is 4.81. The molecule has 0 aliphatic carbocycles. The van der Waals surface area contributed by atoms with Gasteiger partial charge in [0.1, 0.15) is 0 Å². The minimum absolute atomic E-state index is 0.0107. The van der Waals surface area contributed by atoms with Crippen LogP contribution in [0, 0.1) is 5.92 Å². The number of likely N-dealkylation sites (N-methyl/N-ethyl adjacent to an activating group) is 1. The Morgan fingerprint density at radius 1 is 1.15 bits per heavy atom. The van der Waals surface area contributed by atoms with Crippen molar-refractivity contribution in [1.82, 2.24) is 15.1 Å². The molecule has 0 aromatic rings. The molecule has 3 saturated heterocycles. The molecule has 1 amide bonds. The fourth-order valence-electron chi connectivity index (χ4n) is 3.50. The van der Waals surface area contributed by atoms with Crippen molar-refractivity contribution in [2.45, 2.75) is 18.5 Å². The van der Waals surface area contributed by atoms with Crippen LogP contribution in [0.1, 0.15) is 6.42 Å². The van der Waals surface area contributed by atoms with E-state index in [2.05, 4.69) is 10.2 Å². The lowest BCUT2D eigenvalue weighted by Crippen LogP contribution is -2.47. The van der Waals surface area contributed by atoms with Gasteiger partial charge < -0.3 is 19.7 Å². The Morgan fingerprint density at radius 3 is 2.70 bits per heavy atom. The summed E-state index contributed by atoms with van der Waals surface area (Å²) in [6.45, 7) is 6.60. The van der Waals surface area contributed by atoms with Crippen LogP contribution in [0.5, 0.6) is 0 Å². The van der Waals surface area contributed by atoms with Gasteiger partial charge in [-0.05, 0) is 13.5 Å². The van der Waals surface area contributed by atoms with E-state index in [0.29, 0.717) is 19.3 Å². The number of hydrogen-bond acceptors (Lipinski definition) is 5. The highest BCUT2D eigenvalue weighted by Gasteiger charge is 2.39. The van der Waals surface area contributed by atoms with Gasteiger partial charge in [-0.3, -0.25) is 9.69 Å². The third kappa shape index (κ3) is 2.83. The first-order valence-corrected chi connectivity index (χ1v) is 7.65. The highest BCUT2D eigenvalue weighted by Crippen LogP contribution is 2.22. The number of likely N-dealkylation sites (tertiary alicyclic amines) is 1. The Hall–Kier alpha value is -0.690. The van der Waals surface area contributed by atoms with Crippen LogP contribution in [0.15, 0.2) is 0 Å². The van der Waals surface area contributed by atoms with E-state index in [9.17, 15) is 4.79 Å². The molecule has 0 aromatic heterocycles. The van der Waals surface area contributed by atoms with Crippen LogP contribution >= 0.6 is 0 Å². The Morgan fingerprint density at radius 2 is 1.95 bits per heavy atom. The van der Waals surface area contributed by atoms with Gasteiger partial charge in [-0.15, -0.1) is 0 Å². The maximum Gasteiger partial charge on any atom is 0.229 e. The lowest BCUT2D eigenvalue weighted by Gasteiger charge is -2.32. The number of rotatable bonds is 3. The van der Waals surface area contributed by atoms with Gasteiger partial charge >= 0.3 is 0 Å². The third-order valence-corrected chi connectivity index (χ3v) is 4.81. The van der Waals surface area contributed by atoms with Crippen LogP contribution in [0.2, 0.25) is 0 Å². The largest absolute Gasteiger partial charge is 0.379 e. The number of morpholine rings is 1. The smallest absolute Gasteiger partial charge is 0.229 e. The molecule has 3 heterocycles. The Balaban J connectivity index is 1.55. The maximum absolute atomic E-state index is 12.6. The number of carbonyl (C=O) groups is 1. The van der Waals surface area contributed by atoms with Gasteiger partial charge in [-0.1, -0.05) is 0 Å². The fourth-order valence-corrected chi connectivity index (χ4v) is 3.50. The van der Waals surface area contributed by atoms with E-state index in [1.807, 2.05) is 11.9 Å². The van der Waals surface area contributed by atoms with E-state index in [-0.39, 0.29) is 17.9 Å². The molecule has 3 rings (SSSR count). The first-order valence-electron chi connectivity index (χ1n) is 7.65. The highest BCUT2D eigenvalue weighted by atomic mass is 16.5. The monoisotopic (exact) mass is 283 g/mol. The van der Waals surface area contributed by atoms with Crippen molar-refractivity contribution in [1.29, 1.82) is 0 Å².